The molecule has 0 bridgehead atoms. The van der Waals surface area contributed by atoms with Crippen LogP contribution in [0, 0.1) is 0 Å². The molecule has 8 unspecified atom stereocenters. The zero-order valence-corrected chi connectivity index (χ0v) is 49.6. The SMILES string of the molecule is CCCCCCCCCCC/C=C/CC/C=C/C(O)C(COC1OC(CO)C(O)C(O)C1O)NC(=O)C(O)CCCCCCCCCCCCCCCCCC/C=C\CCCCCCCCCCCCCCCCCC. The van der Waals surface area contributed by atoms with Crippen LogP contribution in [0.4, 0.5) is 0 Å². The molecule has 1 aliphatic heterocycles. The van der Waals surface area contributed by atoms with Crippen molar-refractivity contribution >= 4 is 5.91 Å². The fourth-order valence-corrected chi connectivity index (χ4v) is 10.5. The van der Waals surface area contributed by atoms with E-state index in [1.807, 2.05) is 6.08 Å². The van der Waals surface area contributed by atoms with Crippen molar-refractivity contribution < 1.29 is 44.9 Å². The molecule has 76 heavy (non-hydrogen) atoms. The standard InChI is InChI=1S/C66H125NO9/c1-3-5-7-9-11-13-15-17-19-20-21-22-23-24-25-26-27-28-29-30-31-32-33-34-35-36-37-38-39-41-43-45-47-49-51-53-55-60(70)65(74)67-58(57-75-66-64(73)63(72)62(71)61(56-68)76-66)59(69)54-52-50-48-46-44-42-40-18-16-14-12-10-8-6-4-2/h28-29,44,46,52,54,58-64,66,68-73H,3-27,30-43,45,47-51,53,55-57H2,1-2H3,(H,67,74)/b29-28-,46-44+,54-52+. The Hall–Kier alpha value is -1.63. The summed E-state index contributed by atoms with van der Waals surface area (Å²) < 4.78 is 11.2. The van der Waals surface area contributed by atoms with Gasteiger partial charge in [-0.05, 0) is 57.8 Å². The summed E-state index contributed by atoms with van der Waals surface area (Å²) in [5.41, 5.74) is 0. The van der Waals surface area contributed by atoms with Gasteiger partial charge >= 0.3 is 0 Å². The summed E-state index contributed by atoms with van der Waals surface area (Å²) in [6.07, 6.45) is 62.9. The lowest BCUT2D eigenvalue weighted by molar-refractivity contribution is -0.302. The third kappa shape index (κ3) is 43.2. The van der Waals surface area contributed by atoms with E-state index in [9.17, 15) is 35.4 Å². The van der Waals surface area contributed by atoms with E-state index in [0.29, 0.717) is 19.3 Å². The van der Waals surface area contributed by atoms with Crippen LogP contribution < -0.4 is 5.32 Å². The number of carbonyl (C=O) groups is 1. The van der Waals surface area contributed by atoms with Gasteiger partial charge in [0.2, 0.25) is 5.91 Å². The van der Waals surface area contributed by atoms with Crippen LogP contribution in [0.15, 0.2) is 36.5 Å². The van der Waals surface area contributed by atoms with Crippen molar-refractivity contribution in [1.29, 1.82) is 0 Å². The van der Waals surface area contributed by atoms with Crippen molar-refractivity contribution in [3.05, 3.63) is 36.5 Å². The van der Waals surface area contributed by atoms with Crippen LogP contribution >= 0.6 is 0 Å². The molecule has 0 spiro atoms. The summed E-state index contributed by atoms with van der Waals surface area (Å²) >= 11 is 0. The van der Waals surface area contributed by atoms with Gasteiger partial charge in [-0.2, -0.15) is 0 Å². The van der Waals surface area contributed by atoms with E-state index in [4.69, 9.17) is 9.47 Å². The highest BCUT2D eigenvalue weighted by Crippen LogP contribution is 2.23. The molecule has 1 saturated heterocycles. The maximum absolute atomic E-state index is 13.1. The van der Waals surface area contributed by atoms with Gasteiger partial charge in [0.25, 0.3) is 0 Å². The number of hydrogen-bond donors (Lipinski definition) is 7. The van der Waals surface area contributed by atoms with Gasteiger partial charge in [-0.1, -0.05) is 294 Å². The van der Waals surface area contributed by atoms with Gasteiger partial charge < -0.3 is 45.4 Å². The van der Waals surface area contributed by atoms with Gasteiger partial charge in [0, 0.05) is 0 Å². The molecular formula is C66H125NO9. The van der Waals surface area contributed by atoms with Crippen LogP contribution in [0.3, 0.4) is 0 Å². The molecule has 0 aromatic heterocycles. The molecule has 448 valence electrons. The smallest absolute Gasteiger partial charge is 0.249 e. The Morgan fingerprint density at radius 1 is 0.447 bits per heavy atom. The fraction of sp³-hybridized carbons (Fsp3) is 0.894. The Kier molecular flexibility index (Phi) is 52.7. The van der Waals surface area contributed by atoms with E-state index < -0.39 is 61.5 Å². The van der Waals surface area contributed by atoms with Crippen LogP contribution in [0.5, 0.6) is 0 Å². The average molecular weight is 1080 g/mol. The molecule has 0 aromatic carbocycles. The van der Waals surface area contributed by atoms with Crippen molar-refractivity contribution in [3.8, 4) is 0 Å². The number of aliphatic hydroxyl groups is 6. The van der Waals surface area contributed by atoms with Crippen LogP contribution in [0.1, 0.15) is 316 Å². The van der Waals surface area contributed by atoms with Gasteiger partial charge in [-0.3, -0.25) is 4.79 Å². The predicted octanol–water partition coefficient (Wildman–Crippen LogP) is 16.1. The number of ether oxygens (including phenoxy) is 2. The quantitative estimate of drug-likeness (QED) is 0.0232. The van der Waals surface area contributed by atoms with E-state index in [0.717, 1.165) is 32.1 Å². The number of carbonyl (C=O) groups excluding carboxylic acids is 1. The third-order valence-electron chi connectivity index (χ3n) is 15.8. The largest absolute Gasteiger partial charge is 0.394 e. The zero-order chi connectivity index (χ0) is 55.2. The molecule has 10 heteroatoms. The van der Waals surface area contributed by atoms with Crippen molar-refractivity contribution in [2.75, 3.05) is 13.2 Å². The van der Waals surface area contributed by atoms with E-state index >= 15 is 0 Å². The molecule has 1 amide bonds. The molecule has 8 atom stereocenters. The molecule has 10 nitrogen and oxygen atoms in total. The number of aliphatic hydroxyl groups excluding tert-OH is 6. The molecule has 1 rings (SSSR count). The fourth-order valence-electron chi connectivity index (χ4n) is 10.5. The number of unbranched alkanes of at least 4 members (excludes halogenated alkanes) is 42. The molecular weight excluding hydrogens is 951 g/mol. The number of hydrogen-bond acceptors (Lipinski definition) is 9. The minimum absolute atomic E-state index is 0.306. The maximum atomic E-state index is 13.1. The summed E-state index contributed by atoms with van der Waals surface area (Å²) in [5.74, 6) is -0.622. The van der Waals surface area contributed by atoms with Crippen LogP contribution in [0.2, 0.25) is 0 Å². The first-order valence-corrected chi connectivity index (χ1v) is 32.8. The Bertz CT molecular complexity index is 1310. The lowest BCUT2D eigenvalue weighted by Gasteiger charge is -2.40. The van der Waals surface area contributed by atoms with Gasteiger partial charge in [0.1, 0.15) is 30.5 Å². The molecule has 0 aromatic rings. The normalized spacial score (nSPS) is 19.4. The lowest BCUT2D eigenvalue weighted by atomic mass is 9.99. The van der Waals surface area contributed by atoms with Gasteiger partial charge in [0.15, 0.2) is 6.29 Å². The first-order valence-electron chi connectivity index (χ1n) is 32.8. The Balaban J connectivity index is 2.11. The van der Waals surface area contributed by atoms with Crippen molar-refractivity contribution in [3.63, 3.8) is 0 Å². The Morgan fingerprint density at radius 3 is 1.14 bits per heavy atom. The molecule has 1 aliphatic rings. The first-order chi connectivity index (χ1) is 37.3. The van der Waals surface area contributed by atoms with Crippen molar-refractivity contribution in [1.82, 2.24) is 5.32 Å². The lowest BCUT2D eigenvalue weighted by Crippen LogP contribution is -2.60. The monoisotopic (exact) mass is 1080 g/mol. The summed E-state index contributed by atoms with van der Waals surface area (Å²) in [6.45, 7) is 3.63. The topological polar surface area (TPSA) is 169 Å². The summed E-state index contributed by atoms with van der Waals surface area (Å²) in [6, 6.07) is -0.996. The number of rotatable bonds is 57. The van der Waals surface area contributed by atoms with Crippen LogP contribution in [-0.4, -0.2) is 98.7 Å². The Labute approximate surface area is 468 Å². The second-order valence-electron chi connectivity index (χ2n) is 23.0. The highest BCUT2D eigenvalue weighted by atomic mass is 16.7. The molecule has 7 N–H and O–H groups in total. The number of allylic oxidation sites excluding steroid dienone is 5. The van der Waals surface area contributed by atoms with Crippen molar-refractivity contribution in [2.24, 2.45) is 0 Å². The number of nitrogens with one attached hydrogen (secondary N) is 1. The second kappa shape index (κ2) is 55.3. The van der Waals surface area contributed by atoms with E-state index in [1.165, 1.54) is 250 Å². The third-order valence-corrected chi connectivity index (χ3v) is 15.8. The van der Waals surface area contributed by atoms with E-state index in [1.54, 1.807) is 6.08 Å². The van der Waals surface area contributed by atoms with Gasteiger partial charge in [0.05, 0.1) is 25.4 Å². The zero-order valence-electron chi connectivity index (χ0n) is 49.6. The highest BCUT2D eigenvalue weighted by Gasteiger charge is 2.44. The summed E-state index contributed by atoms with van der Waals surface area (Å²) in [7, 11) is 0. The minimum Gasteiger partial charge on any atom is -0.394 e. The maximum Gasteiger partial charge on any atom is 0.249 e. The summed E-state index contributed by atoms with van der Waals surface area (Å²) in [4.78, 5) is 13.1. The molecule has 0 radical (unpaired) electrons. The average Bonchev–Trinajstić information content (AvgIpc) is 3.42. The summed E-state index contributed by atoms with van der Waals surface area (Å²) in [5, 5.41) is 65.1. The minimum atomic E-state index is -1.62. The molecule has 1 heterocycles. The van der Waals surface area contributed by atoms with Crippen LogP contribution in [0.25, 0.3) is 0 Å². The molecule has 1 fully saturated rings. The van der Waals surface area contributed by atoms with E-state index in [-0.39, 0.29) is 6.61 Å². The second-order valence-corrected chi connectivity index (χ2v) is 23.0. The predicted molar refractivity (Wildman–Crippen MR) is 319 cm³/mol. The highest BCUT2D eigenvalue weighted by molar-refractivity contribution is 5.80. The number of amides is 1. The van der Waals surface area contributed by atoms with Crippen LogP contribution in [-0.2, 0) is 14.3 Å². The molecule has 0 aliphatic carbocycles. The first kappa shape index (κ1) is 72.4. The van der Waals surface area contributed by atoms with E-state index in [2.05, 4.69) is 43.5 Å². The van der Waals surface area contributed by atoms with Crippen molar-refractivity contribution in [2.45, 2.75) is 365 Å². The Morgan fingerprint density at radius 2 is 0.776 bits per heavy atom. The molecule has 0 saturated carbocycles. The van der Waals surface area contributed by atoms with Gasteiger partial charge in [-0.15, -0.1) is 0 Å². The van der Waals surface area contributed by atoms with Gasteiger partial charge in [-0.25, -0.2) is 0 Å².